The minimum atomic E-state index is 0.523. The van der Waals surface area contributed by atoms with Crippen LogP contribution in [0, 0.1) is 0 Å². The molecule has 0 saturated carbocycles. The first-order chi connectivity index (χ1) is 9.13. The molecule has 0 saturated heterocycles. The maximum Gasteiger partial charge on any atom is 0.0443 e. The number of rotatable bonds is 4. The summed E-state index contributed by atoms with van der Waals surface area (Å²) >= 11 is 0. The van der Waals surface area contributed by atoms with E-state index < -0.39 is 0 Å². The van der Waals surface area contributed by atoms with E-state index in [2.05, 4.69) is 79.6 Å². The number of nitrogens with zero attached hydrogens (tertiary/aromatic N) is 1. The molecule has 0 unspecified atom stereocenters. The zero-order chi connectivity index (χ0) is 13.8. The number of hydrogen-bond donors (Lipinski definition) is 1. The van der Waals surface area contributed by atoms with Gasteiger partial charge in [-0.15, -0.1) is 0 Å². The lowest BCUT2D eigenvalue weighted by Gasteiger charge is -2.24. The smallest absolute Gasteiger partial charge is 0.0443 e. The average Bonchev–Trinajstić information content (AvgIpc) is 2.46. The van der Waals surface area contributed by atoms with Crippen molar-refractivity contribution in [3.63, 3.8) is 0 Å². The van der Waals surface area contributed by atoms with E-state index in [9.17, 15) is 0 Å². The average molecular weight is 254 g/mol. The van der Waals surface area contributed by atoms with Gasteiger partial charge in [-0.3, -0.25) is 0 Å². The van der Waals surface area contributed by atoms with E-state index in [1.807, 2.05) is 7.05 Å². The Morgan fingerprint density at radius 2 is 1.58 bits per heavy atom. The third-order valence-corrected chi connectivity index (χ3v) is 3.46. The summed E-state index contributed by atoms with van der Waals surface area (Å²) in [4.78, 5) is 2.24. The van der Waals surface area contributed by atoms with E-state index in [0.717, 1.165) is 5.69 Å². The fourth-order valence-corrected chi connectivity index (χ4v) is 2.27. The van der Waals surface area contributed by atoms with E-state index in [-0.39, 0.29) is 0 Å². The van der Waals surface area contributed by atoms with Gasteiger partial charge < -0.3 is 10.2 Å². The van der Waals surface area contributed by atoms with E-state index in [1.54, 1.807) is 0 Å². The van der Waals surface area contributed by atoms with Crippen LogP contribution in [0.5, 0.6) is 0 Å². The fraction of sp³-hybridized carbons (Fsp3) is 0.294. The summed E-state index contributed by atoms with van der Waals surface area (Å²) in [5.41, 5.74) is 4.98. The van der Waals surface area contributed by atoms with Crippen molar-refractivity contribution in [3.05, 3.63) is 54.1 Å². The molecule has 0 aliphatic heterocycles. The molecule has 2 heteroatoms. The highest BCUT2D eigenvalue weighted by Crippen LogP contribution is 2.31. The monoisotopic (exact) mass is 254 g/mol. The molecule has 0 aromatic heterocycles. The number of nitrogens with one attached hydrogen (secondary N) is 1. The third kappa shape index (κ3) is 2.90. The van der Waals surface area contributed by atoms with Crippen molar-refractivity contribution in [2.75, 3.05) is 24.3 Å². The largest absolute Gasteiger partial charge is 0.388 e. The summed E-state index contributed by atoms with van der Waals surface area (Å²) in [6.45, 7) is 4.47. The summed E-state index contributed by atoms with van der Waals surface area (Å²) in [7, 11) is 4.06. The first-order valence-electron chi connectivity index (χ1n) is 6.74. The van der Waals surface area contributed by atoms with Gasteiger partial charge >= 0.3 is 0 Å². The first-order valence-corrected chi connectivity index (χ1v) is 6.74. The molecular formula is C17H22N2. The SMILES string of the molecule is CNc1ccc(N(C)c2ccccc2C(C)C)cc1. The van der Waals surface area contributed by atoms with Crippen molar-refractivity contribution in [1.29, 1.82) is 0 Å². The quantitative estimate of drug-likeness (QED) is 0.856. The van der Waals surface area contributed by atoms with E-state index in [4.69, 9.17) is 0 Å². The Labute approximate surface area is 116 Å². The minimum Gasteiger partial charge on any atom is -0.388 e. The zero-order valence-corrected chi connectivity index (χ0v) is 12.1. The normalized spacial score (nSPS) is 10.6. The highest BCUT2D eigenvalue weighted by molar-refractivity contribution is 5.67. The third-order valence-electron chi connectivity index (χ3n) is 3.46. The van der Waals surface area contributed by atoms with Gasteiger partial charge in [0, 0.05) is 31.2 Å². The molecule has 0 bridgehead atoms. The highest BCUT2D eigenvalue weighted by atomic mass is 15.1. The standard InChI is InChI=1S/C17H22N2/c1-13(2)16-7-5-6-8-17(16)19(4)15-11-9-14(18-3)10-12-15/h5-13,18H,1-4H3. The summed E-state index contributed by atoms with van der Waals surface area (Å²) in [6, 6.07) is 17.1. The summed E-state index contributed by atoms with van der Waals surface area (Å²) in [6.07, 6.45) is 0. The molecule has 19 heavy (non-hydrogen) atoms. The molecule has 0 fully saturated rings. The summed E-state index contributed by atoms with van der Waals surface area (Å²) < 4.78 is 0. The Kier molecular flexibility index (Phi) is 4.10. The molecule has 0 aliphatic carbocycles. The molecule has 0 amide bonds. The van der Waals surface area contributed by atoms with Gasteiger partial charge in [-0.25, -0.2) is 0 Å². The number of anilines is 3. The second-order valence-corrected chi connectivity index (χ2v) is 5.07. The van der Waals surface area contributed by atoms with Gasteiger partial charge in [0.15, 0.2) is 0 Å². The van der Waals surface area contributed by atoms with Crippen molar-refractivity contribution in [2.24, 2.45) is 0 Å². The topological polar surface area (TPSA) is 15.3 Å². The van der Waals surface area contributed by atoms with Crippen LogP contribution in [0.4, 0.5) is 17.1 Å². The second-order valence-electron chi connectivity index (χ2n) is 5.07. The molecule has 0 spiro atoms. The lowest BCUT2D eigenvalue weighted by molar-refractivity contribution is 0.862. The molecule has 2 rings (SSSR count). The van der Waals surface area contributed by atoms with Crippen molar-refractivity contribution in [1.82, 2.24) is 0 Å². The van der Waals surface area contributed by atoms with Gasteiger partial charge in [0.05, 0.1) is 0 Å². The lowest BCUT2D eigenvalue weighted by Crippen LogP contribution is -2.12. The van der Waals surface area contributed by atoms with E-state index in [0.29, 0.717) is 5.92 Å². The van der Waals surface area contributed by atoms with Crippen molar-refractivity contribution >= 4 is 17.1 Å². The maximum absolute atomic E-state index is 3.14. The number of para-hydroxylation sites is 1. The van der Waals surface area contributed by atoms with Gasteiger partial charge in [-0.2, -0.15) is 0 Å². The molecule has 0 aliphatic rings. The Bertz CT molecular complexity index is 529. The lowest BCUT2D eigenvalue weighted by atomic mass is 10.0. The number of hydrogen-bond acceptors (Lipinski definition) is 2. The van der Waals surface area contributed by atoms with Gasteiger partial charge in [0.2, 0.25) is 0 Å². The predicted molar refractivity (Wildman–Crippen MR) is 84.6 cm³/mol. The van der Waals surface area contributed by atoms with Gasteiger partial charge in [0.25, 0.3) is 0 Å². The van der Waals surface area contributed by atoms with Crippen molar-refractivity contribution in [3.8, 4) is 0 Å². The molecule has 2 aromatic rings. The van der Waals surface area contributed by atoms with Crippen LogP contribution in [-0.2, 0) is 0 Å². The Morgan fingerprint density at radius 1 is 0.947 bits per heavy atom. The van der Waals surface area contributed by atoms with Gasteiger partial charge in [0.1, 0.15) is 0 Å². The summed E-state index contributed by atoms with van der Waals surface area (Å²) in [5.74, 6) is 0.523. The Balaban J connectivity index is 2.35. The Morgan fingerprint density at radius 3 is 2.16 bits per heavy atom. The molecule has 2 aromatic carbocycles. The van der Waals surface area contributed by atoms with Crippen LogP contribution in [0.15, 0.2) is 48.5 Å². The van der Waals surface area contributed by atoms with Gasteiger partial charge in [-0.1, -0.05) is 32.0 Å². The molecular weight excluding hydrogens is 232 g/mol. The highest BCUT2D eigenvalue weighted by Gasteiger charge is 2.11. The molecule has 1 N–H and O–H groups in total. The number of benzene rings is 2. The maximum atomic E-state index is 3.14. The second kappa shape index (κ2) is 5.79. The van der Waals surface area contributed by atoms with Crippen molar-refractivity contribution < 1.29 is 0 Å². The minimum absolute atomic E-state index is 0.523. The van der Waals surface area contributed by atoms with Crippen LogP contribution in [0.2, 0.25) is 0 Å². The van der Waals surface area contributed by atoms with Crippen LogP contribution >= 0.6 is 0 Å². The molecule has 0 atom stereocenters. The van der Waals surface area contributed by atoms with Crippen LogP contribution in [0.25, 0.3) is 0 Å². The van der Waals surface area contributed by atoms with Crippen LogP contribution < -0.4 is 10.2 Å². The molecule has 0 heterocycles. The summed E-state index contributed by atoms with van der Waals surface area (Å²) in [5, 5.41) is 3.14. The molecule has 0 radical (unpaired) electrons. The van der Waals surface area contributed by atoms with E-state index >= 15 is 0 Å². The Hall–Kier alpha value is -1.96. The van der Waals surface area contributed by atoms with E-state index in [1.165, 1.54) is 16.9 Å². The molecule has 2 nitrogen and oxygen atoms in total. The zero-order valence-electron chi connectivity index (χ0n) is 12.1. The van der Waals surface area contributed by atoms with Crippen LogP contribution in [0.1, 0.15) is 25.3 Å². The first kappa shape index (κ1) is 13.5. The fourth-order valence-electron chi connectivity index (χ4n) is 2.27. The van der Waals surface area contributed by atoms with Gasteiger partial charge in [-0.05, 0) is 41.8 Å². The van der Waals surface area contributed by atoms with Crippen molar-refractivity contribution in [2.45, 2.75) is 19.8 Å². The molecule has 100 valence electrons. The van der Waals surface area contributed by atoms with Crippen LogP contribution in [0.3, 0.4) is 0 Å². The van der Waals surface area contributed by atoms with Crippen LogP contribution in [-0.4, -0.2) is 14.1 Å². The predicted octanol–water partition coefficient (Wildman–Crippen LogP) is 4.62.